The third-order valence-electron chi connectivity index (χ3n) is 5.25. The number of para-hydroxylation sites is 1. The highest BCUT2D eigenvalue weighted by Gasteiger charge is 2.40. The van der Waals surface area contributed by atoms with Crippen LogP contribution in [0.4, 0.5) is 13.2 Å². The predicted octanol–water partition coefficient (Wildman–Crippen LogP) is 3.88. The van der Waals surface area contributed by atoms with Crippen LogP contribution in [-0.2, 0) is 11.0 Å². The minimum absolute atomic E-state index is 0.0522. The summed E-state index contributed by atoms with van der Waals surface area (Å²) >= 11 is 0. The molecular weight excluding hydrogens is 397 g/mol. The number of nitrogens with zero attached hydrogens (tertiary/aromatic N) is 1. The van der Waals surface area contributed by atoms with E-state index in [0.29, 0.717) is 25.1 Å². The molecule has 1 aliphatic heterocycles. The number of amides is 2. The number of benzene rings is 2. The van der Waals surface area contributed by atoms with E-state index in [-0.39, 0.29) is 31.0 Å². The molecule has 1 saturated heterocycles. The fourth-order valence-corrected chi connectivity index (χ4v) is 3.80. The molecule has 0 radical (unpaired) electrons. The molecular formula is C22H23F3N2O3. The molecule has 0 aromatic heterocycles. The summed E-state index contributed by atoms with van der Waals surface area (Å²) < 4.78 is 44.2. The number of hydrogen-bond donors (Lipinski definition) is 1. The summed E-state index contributed by atoms with van der Waals surface area (Å²) in [5.74, 6) is -0.222. The summed E-state index contributed by atoms with van der Waals surface area (Å²) in [5, 5.41) is 0. The maximum Gasteiger partial charge on any atom is 0.416 e. The molecule has 8 heteroatoms. The highest BCUT2D eigenvalue weighted by atomic mass is 19.4. The van der Waals surface area contributed by atoms with Crippen LogP contribution in [0.15, 0.2) is 54.6 Å². The Labute approximate surface area is 172 Å². The number of rotatable bonds is 6. The Hall–Kier alpha value is -3.03. The fraction of sp³-hybridized carbons (Fsp3) is 0.364. The molecule has 2 aromatic carbocycles. The van der Waals surface area contributed by atoms with Crippen molar-refractivity contribution in [3.05, 3.63) is 65.7 Å². The number of likely N-dealkylation sites (tertiary alicyclic amines) is 1. The number of alkyl halides is 3. The monoisotopic (exact) mass is 420 g/mol. The molecule has 160 valence electrons. The van der Waals surface area contributed by atoms with Crippen molar-refractivity contribution in [3.8, 4) is 5.75 Å². The van der Waals surface area contributed by atoms with Crippen LogP contribution in [-0.4, -0.2) is 36.4 Å². The lowest BCUT2D eigenvalue weighted by atomic mass is 9.77. The van der Waals surface area contributed by atoms with E-state index in [0.717, 1.165) is 12.1 Å². The van der Waals surface area contributed by atoms with Crippen molar-refractivity contribution in [1.29, 1.82) is 0 Å². The van der Waals surface area contributed by atoms with Crippen molar-refractivity contribution in [3.63, 3.8) is 0 Å². The molecule has 5 nitrogen and oxygen atoms in total. The van der Waals surface area contributed by atoms with Crippen molar-refractivity contribution in [2.45, 2.75) is 25.4 Å². The van der Waals surface area contributed by atoms with E-state index in [9.17, 15) is 22.8 Å². The van der Waals surface area contributed by atoms with Crippen molar-refractivity contribution in [1.82, 2.24) is 4.90 Å². The number of ether oxygens (including phenoxy) is 1. The highest BCUT2D eigenvalue weighted by molar-refractivity contribution is 5.94. The number of nitrogens with two attached hydrogens (primary N) is 1. The Morgan fingerprint density at radius 2 is 1.73 bits per heavy atom. The quantitative estimate of drug-likeness (QED) is 0.771. The smallest absolute Gasteiger partial charge is 0.416 e. The first-order valence-electron chi connectivity index (χ1n) is 9.61. The van der Waals surface area contributed by atoms with Crippen molar-refractivity contribution in [2.24, 2.45) is 11.1 Å². The molecule has 30 heavy (non-hydrogen) atoms. The minimum atomic E-state index is -4.46. The molecule has 1 aliphatic rings. The molecule has 2 amide bonds. The van der Waals surface area contributed by atoms with Gasteiger partial charge in [0.1, 0.15) is 5.75 Å². The maximum absolute atomic E-state index is 12.9. The van der Waals surface area contributed by atoms with Crippen LogP contribution in [0.1, 0.15) is 35.2 Å². The first-order valence-corrected chi connectivity index (χ1v) is 9.61. The Balaban J connectivity index is 1.75. The fourth-order valence-electron chi connectivity index (χ4n) is 3.80. The van der Waals surface area contributed by atoms with Crippen LogP contribution in [0.25, 0.3) is 0 Å². The number of primary amides is 1. The van der Waals surface area contributed by atoms with Gasteiger partial charge in [0, 0.05) is 30.5 Å². The summed E-state index contributed by atoms with van der Waals surface area (Å²) in [4.78, 5) is 26.2. The summed E-state index contributed by atoms with van der Waals surface area (Å²) in [6.07, 6.45) is -3.12. The van der Waals surface area contributed by atoms with Crippen LogP contribution in [0.3, 0.4) is 0 Å². The van der Waals surface area contributed by atoms with E-state index in [1.54, 1.807) is 17.0 Å². The second-order valence-corrected chi connectivity index (χ2v) is 7.65. The first kappa shape index (κ1) is 21.7. The lowest BCUT2D eigenvalue weighted by Crippen LogP contribution is -2.50. The normalized spacial score (nSPS) is 19.4. The summed E-state index contributed by atoms with van der Waals surface area (Å²) in [6.45, 7) is 0.894. The molecule has 2 aromatic rings. The van der Waals surface area contributed by atoms with Gasteiger partial charge in [0.25, 0.3) is 5.91 Å². The average molecular weight is 420 g/mol. The highest BCUT2D eigenvalue weighted by Crippen LogP contribution is 2.35. The number of carbonyl (C=O) groups is 2. The topological polar surface area (TPSA) is 72.6 Å². The SMILES string of the molecule is NC(=O)CC1(COc2ccccc2)CCCN(C(=O)c2ccc(C(F)(F)F)cc2)C1. The molecule has 0 aliphatic carbocycles. The second-order valence-electron chi connectivity index (χ2n) is 7.65. The second kappa shape index (κ2) is 8.77. The van der Waals surface area contributed by atoms with Crippen molar-refractivity contribution in [2.75, 3.05) is 19.7 Å². The first-order chi connectivity index (χ1) is 14.2. The van der Waals surface area contributed by atoms with Gasteiger partial charge in [-0.2, -0.15) is 13.2 Å². The zero-order valence-electron chi connectivity index (χ0n) is 16.3. The van der Waals surface area contributed by atoms with Crippen LogP contribution in [0, 0.1) is 5.41 Å². The molecule has 1 fully saturated rings. The molecule has 3 rings (SSSR count). The zero-order chi connectivity index (χ0) is 21.8. The lowest BCUT2D eigenvalue weighted by Gasteiger charge is -2.42. The van der Waals surface area contributed by atoms with Crippen LogP contribution < -0.4 is 10.5 Å². The summed E-state index contributed by atoms with van der Waals surface area (Å²) in [5.41, 5.74) is 4.17. The van der Waals surface area contributed by atoms with Gasteiger partial charge in [0.15, 0.2) is 0 Å². The Kier molecular flexibility index (Phi) is 6.34. The van der Waals surface area contributed by atoms with Crippen molar-refractivity contribution >= 4 is 11.8 Å². The lowest BCUT2D eigenvalue weighted by molar-refractivity contribution is -0.137. The van der Waals surface area contributed by atoms with E-state index >= 15 is 0 Å². The molecule has 0 bridgehead atoms. The van der Waals surface area contributed by atoms with Crippen molar-refractivity contribution < 1.29 is 27.5 Å². The Morgan fingerprint density at radius 3 is 2.33 bits per heavy atom. The third kappa shape index (κ3) is 5.31. The van der Waals surface area contributed by atoms with Crippen LogP contribution in [0.2, 0.25) is 0 Å². The van der Waals surface area contributed by atoms with Gasteiger partial charge in [-0.3, -0.25) is 9.59 Å². The molecule has 1 atom stereocenters. The molecule has 0 spiro atoms. The van der Waals surface area contributed by atoms with Gasteiger partial charge >= 0.3 is 6.18 Å². The van der Waals surface area contributed by atoms with Crippen LogP contribution >= 0.6 is 0 Å². The number of piperidine rings is 1. The van der Waals surface area contributed by atoms with Crippen LogP contribution in [0.5, 0.6) is 5.75 Å². The molecule has 1 heterocycles. The minimum Gasteiger partial charge on any atom is -0.493 e. The number of hydrogen-bond acceptors (Lipinski definition) is 3. The number of carbonyl (C=O) groups excluding carboxylic acids is 2. The van der Waals surface area contributed by atoms with Gasteiger partial charge in [-0.1, -0.05) is 18.2 Å². The van der Waals surface area contributed by atoms with Gasteiger partial charge in [-0.05, 0) is 49.2 Å². The van der Waals surface area contributed by atoms with Gasteiger partial charge < -0.3 is 15.4 Å². The molecule has 1 unspecified atom stereocenters. The summed E-state index contributed by atoms with van der Waals surface area (Å²) in [6, 6.07) is 13.3. The summed E-state index contributed by atoms with van der Waals surface area (Å²) in [7, 11) is 0. The third-order valence-corrected chi connectivity index (χ3v) is 5.25. The van der Waals surface area contributed by atoms with Gasteiger partial charge in [0.2, 0.25) is 5.91 Å². The van der Waals surface area contributed by atoms with E-state index in [4.69, 9.17) is 10.5 Å². The average Bonchev–Trinajstić information content (AvgIpc) is 2.72. The van der Waals surface area contributed by atoms with Gasteiger partial charge in [0.05, 0.1) is 12.2 Å². The largest absolute Gasteiger partial charge is 0.493 e. The standard InChI is InChI=1S/C22H23F3N2O3/c23-22(24,25)17-9-7-16(8-10-17)20(29)27-12-4-11-21(14-27,13-19(26)28)15-30-18-5-2-1-3-6-18/h1-3,5-10H,4,11-15H2,(H2,26,28). The Morgan fingerprint density at radius 1 is 1.07 bits per heavy atom. The maximum atomic E-state index is 12.9. The van der Waals surface area contributed by atoms with E-state index in [1.807, 2.05) is 18.2 Å². The van der Waals surface area contributed by atoms with E-state index < -0.39 is 23.1 Å². The molecule has 0 saturated carbocycles. The zero-order valence-corrected chi connectivity index (χ0v) is 16.3. The van der Waals surface area contributed by atoms with Gasteiger partial charge in [-0.15, -0.1) is 0 Å². The Bertz CT molecular complexity index is 885. The predicted molar refractivity (Wildman–Crippen MR) is 105 cm³/mol. The van der Waals surface area contributed by atoms with E-state index in [2.05, 4.69) is 0 Å². The van der Waals surface area contributed by atoms with Gasteiger partial charge in [-0.25, -0.2) is 0 Å². The van der Waals surface area contributed by atoms with E-state index in [1.165, 1.54) is 12.1 Å². The molecule has 2 N–H and O–H groups in total. The number of halogens is 3.